The van der Waals surface area contributed by atoms with Crippen molar-refractivity contribution in [1.82, 2.24) is 9.88 Å². The van der Waals surface area contributed by atoms with Crippen LogP contribution in [0.5, 0.6) is 0 Å². The number of thiazole rings is 1. The van der Waals surface area contributed by atoms with Gasteiger partial charge in [0.1, 0.15) is 0 Å². The summed E-state index contributed by atoms with van der Waals surface area (Å²) in [6.07, 6.45) is 9.27. The molecular formula is C18H25N3S2. The van der Waals surface area contributed by atoms with Crippen LogP contribution in [-0.4, -0.2) is 48.4 Å². The molecule has 1 aromatic carbocycles. The van der Waals surface area contributed by atoms with Crippen molar-refractivity contribution in [2.45, 2.75) is 43.0 Å². The van der Waals surface area contributed by atoms with Gasteiger partial charge in [0.05, 0.1) is 10.2 Å². The molecule has 0 radical (unpaired) electrons. The van der Waals surface area contributed by atoms with E-state index in [0.717, 1.165) is 24.6 Å². The van der Waals surface area contributed by atoms with E-state index in [9.17, 15) is 0 Å². The molecule has 0 unspecified atom stereocenters. The Morgan fingerprint density at radius 3 is 2.61 bits per heavy atom. The molecule has 0 spiro atoms. The zero-order valence-corrected chi connectivity index (χ0v) is 15.5. The predicted octanol–water partition coefficient (Wildman–Crippen LogP) is 4.47. The minimum Gasteiger partial charge on any atom is -0.345 e. The fraction of sp³-hybridized carbons (Fsp3) is 0.611. The molecule has 1 saturated carbocycles. The Hall–Kier alpha value is -0.780. The standard InChI is InChI=1S/C18H25N3S2/c1-22-15-7-8-16-17(13-15)23-18(19-16)21-11-9-20(10-12-21)14-5-3-2-4-6-14/h7-8,13-14H,2-6,9-12H2,1H3. The topological polar surface area (TPSA) is 19.4 Å². The van der Waals surface area contributed by atoms with Gasteiger partial charge >= 0.3 is 0 Å². The van der Waals surface area contributed by atoms with Gasteiger partial charge in [-0.15, -0.1) is 11.8 Å². The summed E-state index contributed by atoms with van der Waals surface area (Å²) in [5, 5.41) is 1.21. The van der Waals surface area contributed by atoms with E-state index in [0.29, 0.717) is 0 Å². The van der Waals surface area contributed by atoms with Crippen LogP contribution in [0.15, 0.2) is 23.1 Å². The number of aromatic nitrogens is 1. The lowest BCUT2D eigenvalue weighted by atomic mass is 9.94. The molecule has 3 nitrogen and oxygen atoms in total. The molecule has 1 aliphatic heterocycles. The smallest absolute Gasteiger partial charge is 0.186 e. The van der Waals surface area contributed by atoms with Crippen molar-refractivity contribution < 1.29 is 0 Å². The monoisotopic (exact) mass is 347 g/mol. The van der Waals surface area contributed by atoms with Crippen LogP contribution in [0, 0.1) is 0 Å². The molecule has 2 fully saturated rings. The van der Waals surface area contributed by atoms with Gasteiger partial charge in [-0.05, 0) is 37.3 Å². The van der Waals surface area contributed by atoms with Crippen molar-refractivity contribution in [3.05, 3.63) is 18.2 Å². The highest BCUT2D eigenvalue weighted by molar-refractivity contribution is 7.98. The average Bonchev–Trinajstić information content (AvgIpc) is 3.05. The van der Waals surface area contributed by atoms with Crippen LogP contribution in [0.4, 0.5) is 5.13 Å². The summed E-state index contributed by atoms with van der Waals surface area (Å²) in [5.74, 6) is 0. The summed E-state index contributed by atoms with van der Waals surface area (Å²) in [6.45, 7) is 4.67. The van der Waals surface area contributed by atoms with Crippen LogP contribution >= 0.6 is 23.1 Å². The lowest BCUT2D eigenvalue weighted by Crippen LogP contribution is -2.50. The van der Waals surface area contributed by atoms with Crippen molar-refractivity contribution in [3.8, 4) is 0 Å². The van der Waals surface area contributed by atoms with Crippen molar-refractivity contribution in [2.24, 2.45) is 0 Å². The van der Waals surface area contributed by atoms with E-state index in [1.54, 1.807) is 11.8 Å². The normalized spacial score (nSPS) is 21.2. The van der Waals surface area contributed by atoms with E-state index in [4.69, 9.17) is 4.98 Å². The Labute approximate surface area is 147 Å². The van der Waals surface area contributed by atoms with Gasteiger partial charge in [0.2, 0.25) is 0 Å². The SMILES string of the molecule is CSc1ccc2nc(N3CCN(C4CCCCC4)CC3)sc2c1. The first-order valence-electron chi connectivity index (χ1n) is 8.77. The van der Waals surface area contributed by atoms with Crippen LogP contribution < -0.4 is 4.90 Å². The van der Waals surface area contributed by atoms with Crippen molar-refractivity contribution >= 4 is 38.4 Å². The van der Waals surface area contributed by atoms with Gasteiger partial charge in [-0.1, -0.05) is 30.6 Å². The summed E-state index contributed by atoms with van der Waals surface area (Å²) < 4.78 is 1.32. The van der Waals surface area contributed by atoms with Crippen molar-refractivity contribution in [1.29, 1.82) is 0 Å². The molecule has 1 aromatic heterocycles. The third kappa shape index (κ3) is 3.37. The molecule has 2 aromatic rings. The first-order valence-corrected chi connectivity index (χ1v) is 10.8. The molecule has 0 amide bonds. The fourth-order valence-corrected chi connectivity index (χ4v) is 5.45. The van der Waals surface area contributed by atoms with Crippen LogP contribution in [-0.2, 0) is 0 Å². The molecule has 5 heteroatoms. The maximum Gasteiger partial charge on any atom is 0.186 e. The van der Waals surface area contributed by atoms with Crippen LogP contribution in [0.25, 0.3) is 10.2 Å². The predicted molar refractivity (Wildman–Crippen MR) is 102 cm³/mol. The van der Waals surface area contributed by atoms with E-state index in [2.05, 4.69) is 34.3 Å². The van der Waals surface area contributed by atoms with Crippen molar-refractivity contribution in [3.63, 3.8) is 0 Å². The second-order valence-electron chi connectivity index (χ2n) is 6.64. The van der Waals surface area contributed by atoms with Gasteiger partial charge in [-0.3, -0.25) is 4.90 Å². The summed E-state index contributed by atoms with van der Waals surface area (Å²) in [4.78, 5) is 11.4. The Balaban J connectivity index is 1.43. The van der Waals surface area contributed by atoms with Gasteiger partial charge in [-0.2, -0.15) is 0 Å². The zero-order chi connectivity index (χ0) is 15.6. The average molecular weight is 348 g/mol. The lowest BCUT2D eigenvalue weighted by Gasteiger charge is -2.40. The van der Waals surface area contributed by atoms with E-state index in [1.165, 1.54) is 59.9 Å². The minimum atomic E-state index is 0.852. The van der Waals surface area contributed by atoms with Crippen molar-refractivity contribution in [2.75, 3.05) is 37.3 Å². The molecule has 2 aliphatic rings. The molecule has 1 saturated heterocycles. The third-order valence-corrected chi connectivity index (χ3v) is 7.06. The van der Waals surface area contributed by atoms with E-state index >= 15 is 0 Å². The second kappa shape index (κ2) is 6.99. The summed E-state index contributed by atoms with van der Waals surface area (Å²) in [7, 11) is 0. The van der Waals surface area contributed by atoms with Gasteiger partial charge in [-0.25, -0.2) is 4.98 Å². The number of fused-ring (bicyclic) bond motifs is 1. The van der Waals surface area contributed by atoms with Gasteiger partial charge < -0.3 is 4.90 Å². The number of rotatable bonds is 3. The Morgan fingerprint density at radius 2 is 1.87 bits per heavy atom. The number of benzene rings is 1. The maximum absolute atomic E-state index is 4.87. The molecular weight excluding hydrogens is 322 g/mol. The first-order chi connectivity index (χ1) is 11.3. The molecule has 0 bridgehead atoms. The minimum absolute atomic E-state index is 0.852. The summed E-state index contributed by atoms with van der Waals surface area (Å²) in [5.41, 5.74) is 1.15. The highest BCUT2D eigenvalue weighted by Gasteiger charge is 2.26. The summed E-state index contributed by atoms with van der Waals surface area (Å²) in [6, 6.07) is 7.47. The van der Waals surface area contributed by atoms with Crippen LogP contribution in [0.1, 0.15) is 32.1 Å². The van der Waals surface area contributed by atoms with Gasteiger partial charge in [0.25, 0.3) is 0 Å². The Kier molecular flexibility index (Phi) is 4.78. The largest absolute Gasteiger partial charge is 0.345 e. The van der Waals surface area contributed by atoms with Crippen LogP contribution in [0.2, 0.25) is 0 Å². The number of hydrogen-bond acceptors (Lipinski definition) is 5. The van der Waals surface area contributed by atoms with E-state index in [1.807, 2.05) is 11.3 Å². The summed E-state index contributed by atoms with van der Waals surface area (Å²) >= 11 is 3.66. The highest BCUT2D eigenvalue weighted by atomic mass is 32.2. The molecule has 4 rings (SSSR count). The molecule has 0 N–H and O–H groups in total. The zero-order valence-electron chi connectivity index (χ0n) is 13.8. The second-order valence-corrected chi connectivity index (χ2v) is 8.53. The van der Waals surface area contributed by atoms with Gasteiger partial charge in [0, 0.05) is 37.1 Å². The Bertz CT molecular complexity index is 655. The first kappa shape index (κ1) is 15.7. The Morgan fingerprint density at radius 1 is 1.09 bits per heavy atom. The van der Waals surface area contributed by atoms with E-state index < -0.39 is 0 Å². The molecule has 23 heavy (non-hydrogen) atoms. The number of hydrogen-bond donors (Lipinski definition) is 0. The fourth-order valence-electron chi connectivity index (χ4n) is 3.88. The quantitative estimate of drug-likeness (QED) is 0.763. The molecule has 1 aliphatic carbocycles. The number of piperazine rings is 1. The highest BCUT2D eigenvalue weighted by Crippen LogP contribution is 2.32. The van der Waals surface area contributed by atoms with E-state index in [-0.39, 0.29) is 0 Å². The molecule has 2 heterocycles. The molecule has 0 atom stereocenters. The molecule has 124 valence electrons. The number of thioether (sulfide) groups is 1. The third-order valence-electron chi connectivity index (χ3n) is 5.26. The maximum atomic E-state index is 4.87. The van der Waals surface area contributed by atoms with Gasteiger partial charge in [0.15, 0.2) is 5.13 Å². The number of anilines is 1. The van der Waals surface area contributed by atoms with Crippen LogP contribution in [0.3, 0.4) is 0 Å². The number of nitrogens with zero attached hydrogens (tertiary/aromatic N) is 3. The lowest BCUT2D eigenvalue weighted by molar-refractivity contribution is 0.148.